The Hall–Kier alpha value is -3.37. The maximum atomic E-state index is 13.9. The van der Waals surface area contributed by atoms with Crippen molar-refractivity contribution in [2.24, 2.45) is 4.99 Å². The third-order valence-corrected chi connectivity index (χ3v) is 7.38. The molecular formula is C27H27BrN2O6S. The number of aromatic hydroxyl groups is 1. The Bertz CT molecular complexity index is 1560. The van der Waals surface area contributed by atoms with E-state index in [1.807, 2.05) is 6.92 Å². The monoisotopic (exact) mass is 586 g/mol. The summed E-state index contributed by atoms with van der Waals surface area (Å²) in [5.74, 6) is 0.543. The first-order valence-corrected chi connectivity index (χ1v) is 13.4. The van der Waals surface area contributed by atoms with Gasteiger partial charge in [0.05, 0.1) is 36.6 Å². The van der Waals surface area contributed by atoms with E-state index in [-0.39, 0.29) is 17.9 Å². The van der Waals surface area contributed by atoms with E-state index >= 15 is 0 Å². The Morgan fingerprint density at radius 1 is 1.19 bits per heavy atom. The lowest BCUT2D eigenvalue weighted by atomic mass is 9.93. The summed E-state index contributed by atoms with van der Waals surface area (Å²) in [7, 11) is 3.08. The number of allylic oxidation sites excluding steroid dienone is 1. The number of rotatable bonds is 8. The van der Waals surface area contributed by atoms with Gasteiger partial charge in [0.2, 0.25) is 0 Å². The van der Waals surface area contributed by atoms with Crippen LogP contribution in [0.25, 0.3) is 6.08 Å². The summed E-state index contributed by atoms with van der Waals surface area (Å²) in [4.78, 5) is 32.4. The Morgan fingerprint density at radius 3 is 2.65 bits per heavy atom. The summed E-state index contributed by atoms with van der Waals surface area (Å²) >= 11 is 4.60. The van der Waals surface area contributed by atoms with Gasteiger partial charge in [-0.3, -0.25) is 9.36 Å². The molecule has 3 aromatic rings. The second-order valence-corrected chi connectivity index (χ2v) is 10.1. The van der Waals surface area contributed by atoms with Crippen LogP contribution in [0, 0.1) is 0 Å². The lowest BCUT2D eigenvalue weighted by Gasteiger charge is -2.27. The minimum Gasteiger partial charge on any atom is -0.507 e. The molecule has 0 aliphatic carbocycles. The molecule has 1 N–H and O–H groups in total. The van der Waals surface area contributed by atoms with Crippen molar-refractivity contribution in [3.63, 3.8) is 0 Å². The van der Waals surface area contributed by atoms with Crippen LogP contribution in [0.3, 0.4) is 0 Å². The van der Waals surface area contributed by atoms with Gasteiger partial charge < -0.3 is 19.3 Å². The van der Waals surface area contributed by atoms with E-state index in [4.69, 9.17) is 19.2 Å². The van der Waals surface area contributed by atoms with E-state index in [0.717, 1.165) is 10.9 Å². The van der Waals surface area contributed by atoms with Crippen LogP contribution in [-0.4, -0.2) is 36.5 Å². The zero-order valence-corrected chi connectivity index (χ0v) is 23.3. The molecule has 0 saturated carbocycles. The van der Waals surface area contributed by atoms with Crippen molar-refractivity contribution >= 4 is 39.3 Å². The van der Waals surface area contributed by atoms with E-state index in [2.05, 4.69) is 15.9 Å². The van der Waals surface area contributed by atoms with Crippen molar-refractivity contribution < 1.29 is 24.1 Å². The Balaban J connectivity index is 2.07. The van der Waals surface area contributed by atoms with Crippen molar-refractivity contribution in [1.29, 1.82) is 0 Å². The molecule has 0 radical (unpaired) electrons. The molecular weight excluding hydrogens is 560 g/mol. The van der Waals surface area contributed by atoms with Crippen molar-refractivity contribution in [3.05, 3.63) is 83.0 Å². The maximum absolute atomic E-state index is 13.9. The van der Waals surface area contributed by atoms with Gasteiger partial charge in [-0.2, -0.15) is 0 Å². The fraction of sp³-hybridized carbons (Fsp3) is 0.296. The van der Waals surface area contributed by atoms with E-state index < -0.39 is 12.0 Å². The van der Waals surface area contributed by atoms with Crippen molar-refractivity contribution in [1.82, 2.24) is 4.57 Å². The predicted octanol–water partition coefficient (Wildman–Crippen LogP) is 4.06. The number of fused-ring (bicyclic) bond motifs is 1. The first-order valence-electron chi connectivity index (χ1n) is 11.7. The quantitative estimate of drug-likeness (QED) is 0.399. The molecule has 194 valence electrons. The molecule has 2 aromatic carbocycles. The van der Waals surface area contributed by atoms with Crippen LogP contribution >= 0.6 is 27.3 Å². The molecule has 37 heavy (non-hydrogen) atoms. The molecule has 1 aliphatic rings. The molecule has 0 amide bonds. The van der Waals surface area contributed by atoms with Gasteiger partial charge in [0.25, 0.3) is 5.56 Å². The molecule has 1 aliphatic heterocycles. The molecule has 0 saturated heterocycles. The lowest BCUT2D eigenvalue weighted by Crippen LogP contribution is -2.40. The minimum absolute atomic E-state index is 0.0407. The summed E-state index contributed by atoms with van der Waals surface area (Å²) in [5, 5.41) is 10.4. The molecule has 4 rings (SSSR count). The number of benzene rings is 2. The number of hydrogen-bond donors (Lipinski definition) is 1. The molecule has 0 unspecified atom stereocenters. The smallest absolute Gasteiger partial charge is 0.338 e. The fourth-order valence-corrected chi connectivity index (χ4v) is 5.64. The average Bonchev–Trinajstić information content (AvgIpc) is 3.19. The second kappa shape index (κ2) is 11.4. The third-order valence-electron chi connectivity index (χ3n) is 5.90. The van der Waals surface area contributed by atoms with Crippen molar-refractivity contribution in [3.8, 4) is 17.2 Å². The highest BCUT2D eigenvalue weighted by Crippen LogP contribution is 2.38. The van der Waals surface area contributed by atoms with Crippen molar-refractivity contribution in [2.45, 2.75) is 32.7 Å². The molecule has 0 bridgehead atoms. The average molecular weight is 587 g/mol. The molecule has 1 atom stereocenters. The lowest BCUT2D eigenvalue weighted by molar-refractivity contribution is -0.139. The number of phenolic OH excluding ortho intramolecular Hbond substituents is 1. The van der Waals surface area contributed by atoms with E-state index in [9.17, 15) is 14.7 Å². The summed E-state index contributed by atoms with van der Waals surface area (Å²) in [5.41, 5.74) is 1.56. The highest BCUT2D eigenvalue weighted by atomic mass is 79.9. The largest absolute Gasteiger partial charge is 0.507 e. The number of methoxy groups -OCH3 is 2. The highest BCUT2D eigenvalue weighted by molar-refractivity contribution is 9.10. The number of ether oxygens (including phenoxy) is 3. The molecule has 0 spiro atoms. The molecule has 8 nitrogen and oxygen atoms in total. The van der Waals surface area contributed by atoms with E-state index in [0.29, 0.717) is 49.7 Å². The fourth-order valence-electron chi connectivity index (χ4n) is 4.25. The number of phenols is 1. The second-order valence-electron chi connectivity index (χ2n) is 8.22. The summed E-state index contributed by atoms with van der Waals surface area (Å²) < 4.78 is 19.2. The zero-order chi connectivity index (χ0) is 26.7. The van der Waals surface area contributed by atoms with Crippen LogP contribution in [0.4, 0.5) is 0 Å². The van der Waals surface area contributed by atoms with Crippen LogP contribution in [-0.2, 0) is 9.53 Å². The molecule has 2 heterocycles. The van der Waals surface area contributed by atoms with Crippen LogP contribution in [0.15, 0.2) is 61.9 Å². The summed E-state index contributed by atoms with van der Waals surface area (Å²) in [6, 6.07) is 9.40. The summed E-state index contributed by atoms with van der Waals surface area (Å²) in [6.07, 6.45) is 2.88. The minimum atomic E-state index is -0.847. The number of carbonyl (C=O) groups is 1. The van der Waals surface area contributed by atoms with Crippen molar-refractivity contribution in [2.75, 3.05) is 20.8 Å². The maximum Gasteiger partial charge on any atom is 0.338 e. The van der Waals surface area contributed by atoms with Gasteiger partial charge in [-0.05, 0) is 55.8 Å². The molecule has 1 aromatic heterocycles. The topological polar surface area (TPSA) is 99.4 Å². The number of carbonyl (C=O) groups excluding carboxylic acids is 1. The zero-order valence-electron chi connectivity index (χ0n) is 20.9. The number of halogens is 1. The Kier molecular flexibility index (Phi) is 8.19. The van der Waals surface area contributed by atoms with E-state index in [1.165, 1.54) is 23.0 Å². The molecule has 0 fully saturated rings. The third kappa shape index (κ3) is 5.21. The van der Waals surface area contributed by atoms with Gasteiger partial charge >= 0.3 is 5.97 Å². The van der Waals surface area contributed by atoms with Gasteiger partial charge in [-0.1, -0.05) is 40.6 Å². The Labute approximate surface area is 226 Å². The van der Waals surface area contributed by atoms with Gasteiger partial charge in [-0.25, -0.2) is 9.79 Å². The van der Waals surface area contributed by atoms with Crippen LogP contribution in [0.2, 0.25) is 0 Å². The first-order chi connectivity index (χ1) is 17.8. The number of hydrogen-bond acceptors (Lipinski definition) is 8. The number of esters is 1. The van der Waals surface area contributed by atoms with Gasteiger partial charge in [0.15, 0.2) is 4.80 Å². The summed E-state index contributed by atoms with van der Waals surface area (Å²) in [6.45, 7) is 3.91. The van der Waals surface area contributed by atoms with Crippen LogP contribution in [0.5, 0.6) is 17.2 Å². The molecule has 10 heteroatoms. The van der Waals surface area contributed by atoms with Crippen LogP contribution < -0.4 is 24.4 Å². The Morgan fingerprint density at radius 2 is 1.97 bits per heavy atom. The predicted molar refractivity (Wildman–Crippen MR) is 145 cm³/mol. The number of nitrogens with zero attached hydrogens (tertiary/aromatic N) is 2. The van der Waals surface area contributed by atoms with Gasteiger partial charge in [0.1, 0.15) is 23.3 Å². The van der Waals surface area contributed by atoms with Gasteiger partial charge in [-0.15, -0.1) is 0 Å². The highest BCUT2D eigenvalue weighted by Gasteiger charge is 2.36. The number of aromatic nitrogens is 1. The normalized spacial score (nSPS) is 15.3. The van der Waals surface area contributed by atoms with Crippen LogP contribution in [0.1, 0.15) is 43.9 Å². The number of thiazole rings is 1. The standard InChI is InChI=1S/C27H27BrN2O6S/c1-5-7-19-23(26(33)36-6-2)24(18-14-17(34-3)9-11-21(18)35-4)30-25(32)22(37-27(30)29-19)13-15-12-16(28)8-10-20(15)31/h8-14,24,31H,5-7H2,1-4H3/b22-13-/t24-/m0/s1. The van der Waals surface area contributed by atoms with E-state index in [1.54, 1.807) is 56.5 Å². The first kappa shape index (κ1) is 26.7. The van der Waals surface area contributed by atoms with Gasteiger partial charge in [0, 0.05) is 15.6 Å². The SMILES string of the molecule is CCCC1=C(C(=O)OCC)[C@H](c2cc(OC)ccc2OC)n2c(s/c(=C\c3cc(Br)ccc3O)c2=O)=N1.